The van der Waals surface area contributed by atoms with E-state index in [0.29, 0.717) is 17.0 Å². The van der Waals surface area contributed by atoms with Crippen LogP contribution in [0.5, 0.6) is 5.75 Å². The van der Waals surface area contributed by atoms with Gasteiger partial charge in [-0.2, -0.15) is 5.10 Å². The van der Waals surface area contributed by atoms with Gasteiger partial charge in [-0.25, -0.2) is 4.68 Å². The second kappa shape index (κ2) is 7.00. The maximum Gasteiger partial charge on any atom is 0.278 e. The molecule has 25 heavy (non-hydrogen) atoms. The van der Waals surface area contributed by atoms with E-state index in [1.807, 2.05) is 25.1 Å². The van der Waals surface area contributed by atoms with Gasteiger partial charge in [-0.1, -0.05) is 30.3 Å². The number of para-hydroxylation sites is 2. The fraction of sp³-hybridized carbons (Fsp3) is 0.105. The number of hydrogen-bond acceptors (Lipinski definition) is 4. The van der Waals surface area contributed by atoms with E-state index >= 15 is 0 Å². The quantitative estimate of drug-likeness (QED) is 0.795. The summed E-state index contributed by atoms with van der Waals surface area (Å²) in [6.45, 7) is 1.85. The van der Waals surface area contributed by atoms with Gasteiger partial charge in [0, 0.05) is 11.8 Å². The third-order valence-electron chi connectivity index (χ3n) is 3.76. The van der Waals surface area contributed by atoms with Gasteiger partial charge in [0.15, 0.2) is 5.69 Å². The molecule has 0 radical (unpaired) electrons. The molecule has 3 rings (SSSR count). The standard InChI is InChI=1S/C19H17N3O3/c1-13-7-3-4-8-14(13)19(24)22-12-11-16(21-22)18(23)20-15-9-5-6-10-17(15)25-2/h3-12H,1-2H3,(H,20,23). The molecular weight excluding hydrogens is 318 g/mol. The van der Waals surface area contributed by atoms with Crippen LogP contribution in [0, 0.1) is 6.92 Å². The highest BCUT2D eigenvalue weighted by molar-refractivity contribution is 6.04. The average Bonchev–Trinajstić information content (AvgIpc) is 3.12. The van der Waals surface area contributed by atoms with Crippen LogP contribution in [-0.4, -0.2) is 28.7 Å². The average molecular weight is 335 g/mol. The molecule has 0 fully saturated rings. The molecule has 2 aromatic carbocycles. The van der Waals surface area contributed by atoms with E-state index in [-0.39, 0.29) is 11.6 Å². The molecule has 0 unspecified atom stereocenters. The van der Waals surface area contributed by atoms with Crippen molar-refractivity contribution in [3.8, 4) is 5.75 Å². The lowest BCUT2D eigenvalue weighted by Gasteiger charge is -2.08. The predicted octanol–water partition coefficient (Wildman–Crippen LogP) is 3.14. The Morgan fingerprint density at radius 1 is 1.04 bits per heavy atom. The molecule has 0 bridgehead atoms. The predicted molar refractivity (Wildman–Crippen MR) is 94.1 cm³/mol. The second-order valence-corrected chi connectivity index (χ2v) is 5.42. The third-order valence-corrected chi connectivity index (χ3v) is 3.76. The number of nitrogens with zero attached hydrogens (tertiary/aromatic N) is 2. The fourth-order valence-electron chi connectivity index (χ4n) is 2.43. The highest BCUT2D eigenvalue weighted by Crippen LogP contribution is 2.23. The lowest BCUT2D eigenvalue weighted by molar-refractivity contribution is 0.0943. The highest BCUT2D eigenvalue weighted by Gasteiger charge is 2.16. The minimum atomic E-state index is -0.416. The molecule has 1 aromatic heterocycles. The van der Waals surface area contributed by atoms with Crippen molar-refractivity contribution >= 4 is 17.5 Å². The maximum absolute atomic E-state index is 12.5. The molecule has 1 heterocycles. The largest absolute Gasteiger partial charge is 0.495 e. The molecule has 126 valence electrons. The summed E-state index contributed by atoms with van der Waals surface area (Å²) < 4.78 is 6.37. The van der Waals surface area contributed by atoms with E-state index in [0.717, 1.165) is 5.56 Å². The van der Waals surface area contributed by atoms with Crippen LogP contribution in [0.2, 0.25) is 0 Å². The molecule has 1 amide bonds. The lowest BCUT2D eigenvalue weighted by Crippen LogP contribution is -2.17. The topological polar surface area (TPSA) is 73.2 Å². The first-order chi connectivity index (χ1) is 12.1. The van der Waals surface area contributed by atoms with Gasteiger partial charge in [0.25, 0.3) is 11.8 Å². The zero-order valence-corrected chi connectivity index (χ0v) is 13.9. The molecule has 0 aliphatic heterocycles. The van der Waals surface area contributed by atoms with Crippen LogP contribution in [0.25, 0.3) is 0 Å². The number of nitrogens with one attached hydrogen (secondary N) is 1. The van der Waals surface area contributed by atoms with Gasteiger partial charge in [0.1, 0.15) is 5.75 Å². The van der Waals surface area contributed by atoms with E-state index in [2.05, 4.69) is 10.4 Å². The zero-order chi connectivity index (χ0) is 17.8. The fourth-order valence-corrected chi connectivity index (χ4v) is 2.43. The van der Waals surface area contributed by atoms with Crippen molar-refractivity contribution in [1.82, 2.24) is 9.78 Å². The van der Waals surface area contributed by atoms with Crippen molar-refractivity contribution in [1.29, 1.82) is 0 Å². The summed E-state index contributed by atoms with van der Waals surface area (Å²) in [6.07, 6.45) is 1.48. The third kappa shape index (κ3) is 3.42. The Kier molecular flexibility index (Phi) is 4.61. The van der Waals surface area contributed by atoms with Crippen LogP contribution in [0.3, 0.4) is 0 Å². The first-order valence-corrected chi connectivity index (χ1v) is 7.70. The number of ether oxygens (including phenoxy) is 1. The Morgan fingerprint density at radius 3 is 2.52 bits per heavy atom. The second-order valence-electron chi connectivity index (χ2n) is 5.42. The van der Waals surface area contributed by atoms with E-state index in [9.17, 15) is 9.59 Å². The van der Waals surface area contributed by atoms with Crippen LogP contribution < -0.4 is 10.1 Å². The van der Waals surface area contributed by atoms with Gasteiger partial charge in [0.05, 0.1) is 12.8 Å². The maximum atomic E-state index is 12.5. The summed E-state index contributed by atoms with van der Waals surface area (Å²) in [5.41, 5.74) is 2.08. The summed E-state index contributed by atoms with van der Waals surface area (Å²) in [5.74, 6) is -0.151. The zero-order valence-electron chi connectivity index (χ0n) is 13.9. The van der Waals surface area contributed by atoms with Gasteiger partial charge >= 0.3 is 0 Å². The summed E-state index contributed by atoms with van der Waals surface area (Å²) in [5, 5.41) is 6.82. The van der Waals surface area contributed by atoms with Crippen molar-refractivity contribution in [2.24, 2.45) is 0 Å². The molecule has 0 atom stereocenters. The molecule has 6 heteroatoms. The smallest absolute Gasteiger partial charge is 0.278 e. The molecule has 6 nitrogen and oxygen atoms in total. The van der Waals surface area contributed by atoms with Crippen LogP contribution in [0.15, 0.2) is 60.8 Å². The van der Waals surface area contributed by atoms with Gasteiger partial charge < -0.3 is 10.1 Å². The van der Waals surface area contributed by atoms with Crippen molar-refractivity contribution in [2.45, 2.75) is 6.92 Å². The number of benzene rings is 2. The first kappa shape index (κ1) is 16.4. The van der Waals surface area contributed by atoms with Gasteiger partial charge in [-0.15, -0.1) is 0 Å². The van der Waals surface area contributed by atoms with E-state index in [1.54, 1.807) is 30.3 Å². The van der Waals surface area contributed by atoms with E-state index in [4.69, 9.17) is 4.74 Å². The molecule has 3 aromatic rings. The number of methoxy groups -OCH3 is 1. The first-order valence-electron chi connectivity index (χ1n) is 7.70. The Balaban J connectivity index is 1.80. The van der Waals surface area contributed by atoms with E-state index < -0.39 is 5.91 Å². The van der Waals surface area contributed by atoms with Crippen molar-refractivity contribution < 1.29 is 14.3 Å². The Labute approximate surface area is 145 Å². The number of aryl methyl sites for hydroxylation is 1. The van der Waals surface area contributed by atoms with Crippen LogP contribution >= 0.6 is 0 Å². The number of carbonyl (C=O) groups excluding carboxylic acids is 2. The molecule has 0 saturated carbocycles. The SMILES string of the molecule is COc1ccccc1NC(=O)c1ccn(C(=O)c2ccccc2C)n1. The highest BCUT2D eigenvalue weighted by atomic mass is 16.5. The van der Waals surface area contributed by atoms with E-state index in [1.165, 1.54) is 24.1 Å². The van der Waals surface area contributed by atoms with Crippen molar-refractivity contribution in [3.05, 3.63) is 77.6 Å². The summed E-state index contributed by atoms with van der Waals surface area (Å²) in [6, 6.07) is 15.8. The molecular formula is C19H17N3O3. The summed E-state index contributed by atoms with van der Waals surface area (Å²) >= 11 is 0. The molecule has 0 saturated heterocycles. The summed E-state index contributed by atoms with van der Waals surface area (Å²) in [7, 11) is 1.53. The van der Waals surface area contributed by atoms with Crippen molar-refractivity contribution in [3.63, 3.8) is 0 Å². The number of aromatic nitrogens is 2. The molecule has 0 aliphatic carbocycles. The van der Waals surface area contributed by atoms with Crippen LogP contribution in [0.4, 0.5) is 5.69 Å². The molecule has 0 spiro atoms. The summed E-state index contributed by atoms with van der Waals surface area (Å²) in [4.78, 5) is 24.9. The van der Waals surface area contributed by atoms with Crippen LogP contribution in [0.1, 0.15) is 26.4 Å². The monoisotopic (exact) mass is 335 g/mol. The van der Waals surface area contributed by atoms with Gasteiger partial charge in [-0.3, -0.25) is 9.59 Å². The van der Waals surface area contributed by atoms with Gasteiger partial charge in [-0.05, 0) is 36.8 Å². The minimum absolute atomic E-state index is 0.146. The van der Waals surface area contributed by atoms with Crippen LogP contribution in [-0.2, 0) is 0 Å². The molecule has 0 aliphatic rings. The Morgan fingerprint density at radius 2 is 1.76 bits per heavy atom. The van der Waals surface area contributed by atoms with Gasteiger partial charge in [0.2, 0.25) is 0 Å². The Bertz CT molecular complexity index is 931. The number of carbonyl (C=O) groups is 2. The number of amides is 1. The number of rotatable bonds is 4. The van der Waals surface area contributed by atoms with Crippen molar-refractivity contribution in [2.75, 3.05) is 12.4 Å². The Hall–Kier alpha value is -3.41. The molecule has 1 N–H and O–H groups in total. The lowest BCUT2D eigenvalue weighted by atomic mass is 10.1. The number of anilines is 1. The minimum Gasteiger partial charge on any atom is -0.495 e. The normalized spacial score (nSPS) is 10.3. The number of hydrogen-bond donors (Lipinski definition) is 1.